The van der Waals surface area contributed by atoms with Crippen molar-refractivity contribution in [2.24, 2.45) is 11.1 Å². The lowest BCUT2D eigenvalue weighted by atomic mass is 9.68. The van der Waals surface area contributed by atoms with E-state index in [0.29, 0.717) is 55.5 Å². The molecule has 0 bridgehead atoms. The number of thioether (sulfide) groups is 1. The maximum absolute atomic E-state index is 14.0. The predicted molar refractivity (Wildman–Crippen MR) is 175 cm³/mol. The maximum atomic E-state index is 14.0. The van der Waals surface area contributed by atoms with Gasteiger partial charge in [-0.2, -0.15) is 5.26 Å². The highest BCUT2D eigenvalue weighted by Gasteiger charge is 2.45. The van der Waals surface area contributed by atoms with Crippen LogP contribution in [0, 0.1) is 30.6 Å². The number of rotatable bonds is 5. The number of halogens is 4. The highest BCUT2D eigenvalue weighted by molar-refractivity contribution is 7.98. The summed E-state index contributed by atoms with van der Waals surface area (Å²) in [6.07, 6.45) is 0.959. The molecule has 1 aliphatic carbocycles. The number of hydrogen-bond donors (Lipinski definition) is 1. The molecule has 9 heteroatoms. The Kier molecular flexibility index (Phi) is 8.69. The Balaban J connectivity index is 1.68. The summed E-state index contributed by atoms with van der Waals surface area (Å²) in [6, 6.07) is 17.1. The summed E-state index contributed by atoms with van der Waals surface area (Å²) in [6.45, 7) is 8.21. The van der Waals surface area contributed by atoms with Gasteiger partial charge >= 0.3 is 0 Å². The lowest BCUT2D eigenvalue weighted by Gasteiger charge is -2.44. The summed E-state index contributed by atoms with van der Waals surface area (Å²) in [7, 11) is 0. The van der Waals surface area contributed by atoms with Crippen LogP contribution in [0.3, 0.4) is 0 Å². The molecule has 0 amide bonds. The summed E-state index contributed by atoms with van der Waals surface area (Å²) in [5, 5.41) is 12.7. The van der Waals surface area contributed by atoms with Crippen molar-refractivity contribution in [2.75, 3.05) is 4.90 Å². The third kappa shape index (κ3) is 5.94. The van der Waals surface area contributed by atoms with Gasteiger partial charge in [-0.15, -0.1) is 11.8 Å². The van der Waals surface area contributed by atoms with E-state index in [1.165, 1.54) is 0 Å². The van der Waals surface area contributed by atoms with E-state index in [0.717, 1.165) is 32.8 Å². The molecule has 2 N–H and O–H groups in total. The molecule has 1 unspecified atom stereocenters. The van der Waals surface area contributed by atoms with Crippen LogP contribution in [0.5, 0.6) is 0 Å². The Bertz CT molecular complexity index is 1720. The number of hydrogen-bond acceptors (Lipinski definition) is 5. The number of Topliss-reactive ketones (excluding diaryl/α,β-unsaturated/α-hetero) is 1. The number of benzene rings is 3. The highest BCUT2D eigenvalue weighted by atomic mass is 35.5. The summed E-state index contributed by atoms with van der Waals surface area (Å²) < 4.78 is 0. The zero-order valence-corrected chi connectivity index (χ0v) is 27.5. The number of carbonyl (C=O) groups is 1. The summed E-state index contributed by atoms with van der Waals surface area (Å²) in [4.78, 5) is 16.7. The number of nitrogens with two attached hydrogens (primary N) is 1. The van der Waals surface area contributed by atoms with Crippen LogP contribution in [0.1, 0.15) is 54.9 Å². The summed E-state index contributed by atoms with van der Waals surface area (Å²) in [5.41, 5.74) is 12.9. The Labute approximate surface area is 271 Å². The lowest BCUT2D eigenvalue weighted by Crippen LogP contribution is -2.42. The van der Waals surface area contributed by atoms with Gasteiger partial charge in [-0.25, -0.2) is 0 Å². The van der Waals surface area contributed by atoms with Gasteiger partial charge in [0.25, 0.3) is 0 Å². The quantitative estimate of drug-likeness (QED) is 0.277. The molecule has 0 radical (unpaired) electrons. The number of nitriles is 1. The normalized spacial score (nSPS) is 18.3. The zero-order valence-electron chi connectivity index (χ0n) is 23.6. The van der Waals surface area contributed by atoms with Crippen LogP contribution in [-0.2, 0) is 10.5 Å². The fourth-order valence-electron chi connectivity index (χ4n) is 5.91. The second kappa shape index (κ2) is 11.8. The van der Waals surface area contributed by atoms with Crippen LogP contribution in [0.25, 0.3) is 0 Å². The van der Waals surface area contributed by atoms with Crippen molar-refractivity contribution in [1.29, 1.82) is 5.26 Å². The first-order valence-corrected chi connectivity index (χ1v) is 15.9. The van der Waals surface area contributed by atoms with E-state index in [9.17, 15) is 10.1 Å². The van der Waals surface area contributed by atoms with Crippen molar-refractivity contribution in [2.45, 2.75) is 57.1 Å². The Hall–Kier alpha value is -2.59. The second-order valence-electron chi connectivity index (χ2n) is 11.6. The number of anilines is 1. The monoisotopic (exact) mass is 655 g/mol. The van der Waals surface area contributed by atoms with E-state index in [-0.39, 0.29) is 17.0 Å². The molecule has 5 rings (SSSR count). The van der Waals surface area contributed by atoms with E-state index in [1.54, 1.807) is 47.0 Å². The third-order valence-electron chi connectivity index (χ3n) is 7.80. The predicted octanol–water partition coefficient (Wildman–Crippen LogP) is 10.2. The second-order valence-corrected chi connectivity index (χ2v) is 14.3. The average molecular weight is 657 g/mol. The van der Waals surface area contributed by atoms with Crippen LogP contribution < -0.4 is 10.6 Å². The van der Waals surface area contributed by atoms with E-state index >= 15 is 0 Å². The standard InChI is InChI=1S/C33H29Cl4N3OS/c1-17-7-18(2)24(8-19(17)16-42-29-12-20(34)5-6-26(29)37)30-25(15-38)32(39)40(23-10-21(35)9-22(36)11-23)27-13-33(3,4)14-28(41)31(27)30/h5-12,30H,13-14,16,39H2,1-4H3. The van der Waals surface area contributed by atoms with Crippen molar-refractivity contribution in [3.05, 3.63) is 114 Å². The molecule has 1 atom stereocenters. The average Bonchev–Trinajstić information content (AvgIpc) is 2.88. The number of nitrogens with zero attached hydrogens (tertiary/aromatic N) is 2. The van der Waals surface area contributed by atoms with Gasteiger partial charge in [0.1, 0.15) is 5.82 Å². The fourth-order valence-corrected chi connectivity index (χ4v) is 7.98. The molecule has 216 valence electrons. The van der Waals surface area contributed by atoms with Gasteiger partial charge in [-0.1, -0.05) is 72.4 Å². The van der Waals surface area contributed by atoms with Gasteiger partial charge in [-0.05, 0) is 84.3 Å². The Morgan fingerprint density at radius 2 is 1.67 bits per heavy atom. The first-order chi connectivity index (χ1) is 19.8. The largest absolute Gasteiger partial charge is 0.384 e. The summed E-state index contributed by atoms with van der Waals surface area (Å²) in [5.74, 6) is 0.309. The highest BCUT2D eigenvalue weighted by Crippen LogP contribution is 2.51. The molecular formula is C33H29Cl4N3OS. The van der Waals surface area contributed by atoms with Gasteiger partial charge < -0.3 is 5.73 Å². The van der Waals surface area contributed by atoms with Crippen molar-refractivity contribution >= 4 is 69.6 Å². The molecule has 3 aromatic rings. The maximum Gasteiger partial charge on any atom is 0.162 e. The molecule has 0 saturated heterocycles. The number of allylic oxidation sites excluding steroid dienone is 3. The third-order valence-corrected chi connectivity index (χ3v) is 10.0. The zero-order chi connectivity index (χ0) is 30.5. The Morgan fingerprint density at radius 1 is 0.976 bits per heavy atom. The molecule has 1 heterocycles. The molecule has 42 heavy (non-hydrogen) atoms. The van der Waals surface area contributed by atoms with Crippen molar-refractivity contribution in [3.63, 3.8) is 0 Å². The minimum absolute atomic E-state index is 0.00577. The summed E-state index contributed by atoms with van der Waals surface area (Å²) >= 11 is 27.0. The minimum Gasteiger partial charge on any atom is -0.384 e. The molecule has 2 aliphatic rings. The first kappa shape index (κ1) is 30.9. The van der Waals surface area contributed by atoms with E-state index in [4.69, 9.17) is 52.1 Å². The molecule has 0 fully saturated rings. The van der Waals surface area contributed by atoms with Crippen molar-refractivity contribution in [3.8, 4) is 6.07 Å². The molecule has 1 aliphatic heterocycles. The molecular weight excluding hydrogens is 628 g/mol. The van der Waals surface area contributed by atoms with Crippen LogP contribution in [-0.4, -0.2) is 5.78 Å². The minimum atomic E-state index is -0.599. The van der Waals surface area contributed by atoms with Crippen LogP contribution in [0.2, 0.25) is 20.1 Å². The van der Waals surface area contributed by atoms with Gasteiger partial charge in [0, 0.05) is 43.4 Å². The van der Waals surface area contributed by atoms with Gasteiger partial charge in [0.2, 0.25) is 0 Å². The SMILES string of the molecule is Cc1cc(C)c(C2C(C#N)=C(N)N(c3cc(Cl)cc(Cl)c3)C3=C2C(=O)CC(C)(C)C3)cc1CSc1cc(Cl)ccc1Cl. The smallest absolute Gasteiger partial charge is 0.162 e. The topological polar surface area (TPSA) is 70.1 Å². The van der Waals surface area contributed by atoms with Crippen LogP contribution in [0.4, 0.5) is 5.69 Å². The molecule has 0 spiro atoms. The van der Waals surface area contributed by atoms with Crippen LogP contribution >= 0.6 is 58.2 Å². The number of carbonyl (C=O) groups excluding carboxylic acids is 1. The van der Waals surface area contributed by atoms with Gasteiger partial charge in [-0.3, -0.25) is 9.69 Å². The number of ketones is 1. The van der Waals surface area contributed by atoms with Crippen molar-refractivity contribution in [1.82, 2.24) is 0 Å². The number of aryl methyl sites for hydroxylation is 2. The Morgan fingerprint density at radius 3 is 2.33 bits per heavy atom. The molecule has 0 aromatic heterocycles. The fraction of sp³-hybridized carbons (Fsp3) is 0.273. The van der Waals surface area contributed by atoms with Crippen molar-refractivity contribution < 1.29 is 4.79 Å². The van der Waals surface area contributed by atoms with Gasteiger partial charge in [0.05, 0.1) is 28.3 Å². The lowest BCUT2D eigenvalue weighted by molar-refractivity contribution is -0.118. The van der Waals surface area contributed by atoms with Gasteiger partial charge in [0.15, 0.2) is 5.78 Å². The van der Waals surface area contributed by atoms with Crippen LogP contribution in [0.15, 0.2) is 76.1 Å². The van der Waals surface area contributed by atoms with E-state index in [1.807, 2.05) is 13.0 Å². The van der Waals surface area contributed by atoms with E-state index < -0.39 is 5.92 Å². The molecule has 3 aromatic carbocycles. The molecule has 4 nitrogen and oxygen atoms in total. The molecule has 0 saturated carbocycles. The van der Waals surface area contributed by atoms with E-state index in [2.05, 4.69) is 39.0 Å². The first-order valence-electron chi connectivity index (χ1n) is 13.4.